The number of para-hydroxylation sites is 4. The summed E-state index contributed by atoms with van der Waals surface area (Å²) in [7, 11) is 0. The Morgan fingerprint density at radius 3 is 0.980 bits per heavy atom. The molecular formula is C40H28F4N4O2. The van der Waals surface area contributed by atoms with E-state index in [4.69, 9.17) is 21.4 Å². The maximum atomic E-state index is 13.2. The molecule has 0 saturated heterocycles. The number of nitrogen functional groups attached to an aromatic ring is 2. The topological polar surface area (TPSA) is 112 Å². The molecule has 0 aliphatic heterocycles. The summed E-state index contributed by atoms with van der Waals surface area (Å²) in [5, 5.41) is 0. The Hall–Kier alpha value is -6.68. The molecule has 0 atom stereocenters. The van der Waals surface area contributed by atoms with Crippen molar-refractivity contribution in [2.45, 2.75) is 0 Å². The van der Waals surface area contributed by atoms with E-state index in [-0.39, 0.29) is 22.8 Å². The molecule has 7 aromatic rings. The minimum atomic E-state index is -0.749. The van der Waals surface area contributed by atoms with Gasteiger partial charge in [-0.1, -0.05) is 24.3 Å². The van der Waals surface area contributed by atoms with Gasteiger partial charge in [0, 0.05) is 22.3 Å². The Balaban J connectivity index is 0.000000164. The first-order valence-corrected chi connectivity index (χ1v) is 15.1. The fourth-order valence-corrected chi connectivity index (χ4v) is 4.59. The summed E-state index contributed by atoms with van der Waals surface area (Å²) < 4.78 is 51.9. The summed E-state index contributed by atoms with van der Waals surface area (Å²) in [6.45, 7) is 0. The maximum absolute atomic E-state index is 13.2. The van der Waals surface area contributed by atoms with Crippen LogP contribution >= 0.6 is 0 Å². The number of Topliss-reactive ketones (excluding diaryl/α,β-unsaturated/α-hetero) is 2. The summed E-state index contributed by atoms with van der Waals surface area (Å²) in [5.41, 5.74) is 16.6. The van der Waals surface area contributed by atoms with Crippen LogP contribution in [0.3, 0.4) is 0 Å². The van der Waals surface area contributed by atoms with Gasteiger partial charge in [0.2, 0.25) is 11.6 Å². The van der Waals surface area contributed by atoms with Gasteiger partial charge in [0.25, 0.3) is 0 Å². The molecule has 248 valence electrons. The second kappa shape index (κ2) is 15.9. The highest BCUT2D eigenvalue weighted by Crippen LogP contribution is 2.31. The van der Waals surface area contributed by atoms with E-state index in [2.05, 4.69) is 0 Å². The van der Waals surface area contributed by atoms with E-state index in [0.29, 0.717) is 22.8 Å². The van der Waals surface area contributed by atoms with Crippen molar-refractivity contribution in [3.63, 3.8) is 0 Å². The van der Waals surface area contributed by atoms with Crippen molar-refractivity contribution in [1.29, 1.82) is 0 Å². The number of nitrogens with zero attached hydrogens (tertiary/aromatic N) is 2. The van der Waals surface area contributed by atoms with Crippen LogP contribution in [-0.4, -0.2) is 21.5 Å². The quantitative estimate of drug-likeness (QED) is 0.0817. The number of ketones is 2. The van der Waals surface area contributed by atoms with Gasteiger partial charge < -0.3 is 11.5 Å². The van der Waals surface area contributed by atoms with Crippen LogP contribution in [0.1, 0.15) is 20.7 Å². The van der Waals surface area contributed by atoms with E-state index in [1.807, 2.05) is 36.4 Å². The number of fused-ring (bicyclic) bond motifs is 1. The molecule has 0 bridgehead atoms. The minimum absolute atomic E-state index is 0.103. The normalized spacial score (nSPS) is 10.3. The molecule has 50 heavy (non-hydrogen) atoms. The molecule has 0 aliphatic rings. The largest absolute Gasteiger partial charge is 0.397 e. The van der Waals surface area contributed by atoms with E-state index >= 15 is 0 Å². The zero-order chi connectivity index (χ0) is 35.6. The zero-order valence-corrected chi connectivity index (χ0v) is 26.2. The molecule has 0 unspecified atom stereocenters. The zero-order valence-electron chi connectivity index (χ0n) is 26.2. The van der Waals surface area contributed by atoms with Crippen LogP contribution in [0, 0.1) is 23.3 Å². The number of carbonyl (C=O) groups excluding carboxylic acids is 2. The molecule has 0 saturated carbocycles. The molecule has 6 nitrogen and oxygen atoms in total. The van der Waals surface area contributed by atoms with Gasteiger partial charge in [-0.15, -0.1) is 0 Å². The third kappa shape index (κ3) is 8.81. The monoisotopic (exact) mass is 672 g/mol. The smallest absolute Gasteiger partial charge is 0.233 e. The van der Waals surface area contributed by atoms with Gasteiger partial charge in [-0.3, -0.25) is 9.59 Å². The average Bonchev–Trinajstić information content (AvgIpc) is 3.14. The number of hydrogen-bond donors (Lipinski definition) is 2. The van der Waals surface area contributed by atoms with E-state index in [9.17, 15) is 27.2 Å². The lowest BCUT2D eigenvalue weighted by atomic mass is 10.0. The Kier molecular flexibility index (Phi) is 11.0. The van der Waals surface area contributed by atoms with Gasteiger partial charge >= 0.3 is 0 Å². The van der Waals surface area contributed by atoms with Gasteiger partial charge in [0.15, 0.2) is 0 Å². The van der Waals surface area contributed by atoms with Crippen LogP contribution in [0.15, 0.2) is 146 Å². The lowest BCUT2D eigenvalue weighted by Crippen LogP contribution is -2.14. The molecule has 0 radical (unpaired) electrons. The molecular weight excluding hydrogens is 644 g/mol. The lowest BCUT2D eigenvalue weighted by Gasteiger charge is -2.10. The van der Waals surface area contributed by atoms with Gasteiger partial charge in [0.1, 0.15) is 23.3 Å². The van der Waals surface area contributed by atoms with Crippen LogP contribution in [-0.2, 0) is 0 Å². The van der Waals surface area contributed by atoms with Crippen LogP contribution in [0.4, 0.5) is 28.9 Å². The molecule has 4 N–H and O–H groups in total. The molecule has 10 heteroatoms. The van der Waals surface area contributed by atoms with Gasteiger partial charge in [0.05, 0.1) is 33.8 Å². The highest BCUT2D eigenvalue weighted by molar-refractivity contribution is 6.49. The number of rotatable bonds is 5. The Morgan fingerprint density at radius 1 is 0.400 bits per heavy atom. The number of benzene rings is 6. The highest BCUT2D eigenvalue weighted by Gasteiger charge is 2.18. The molecule has 1 aromatic heterocycles. The van der Waals surface area contributed by atoms with Crippen molar-refractivity contribution in [2.75, 3.05) is 11.5 Å². The number of hydrogen-bond acceptors (Lipinski definition) is 6. The molecule has 7 rings (SSSR count). The number of aromatic nitrogens is 2. The predicted molar refractivity (Wildman–Crippen MR) is 187 cm³/mol. The summed E-state index contributed by atoms with van der Waals surface area (Å²) in [6, 6.07) is 36.4. The maximum Gasteiger partial charge on any atom is 0.233 e. The molecule has 0 fully saturated rings. The molecule has 1 heterocycles. The van der Waals surface area contributed by atoms with Gasteiger partial charge in [-0.2, -0.15) is 0 Å². The Labute approximate surface area is 284 Å². The van der Waals surface area contributed by atoms with Crippen molar-refractivity contribution in [1.82, 2.24) is 9.97 Å². The predicted octanol–water partition coefficient (Wildman–Crippen LogP) is 9.12. The molecule has 6 aromatic carbocycles. The number of halogens is 4. The van der Waals surface area contributed by atoms with Crippen molar-refractivity contribution < 1.29 is 27.2 Å². The van der Waals surface area contributed by atoms with E-state index in [0.717, 1.165) is 46.4 Å². The average molecular weight is 673 g/mol. The first-order chi connectivity index (χ1) is 24.1. The first-order valence-electron chi connectivity index (χ1n) is 15.1. The highest BCUT2D eigenvalue weighted by atomic mass is 19.1. The summed E-state index contributed by atoms with van der Waals surface area (Å²) in [6.07, 6.45) is 0. The first kappa shape index (κ1) is 34.6. The van der Waals surface area contributed by atoms with Crippen molar-refractivity contribution in [3.8, 4) is 22.5 Å². The fourth-order valence-electron chi connectivity index (χ4n) is 4.59. The Morgan fingerprint density at radius 2 is 0.680 bits per heavy atom. The van der Waals surface area contributed by atoms with Gasteiger partial charge in [-0.25, -0.2) is 27.5 Å². The molecule has 0 aliphatic carbocycles. The van der Waals surface area contributed by atoms with Crippen LogP contribution < -0.4 is 11.5 Å². The van der Waals surface area contributed by atoms with Crippen LogP contribution in [0.25, 0.3) is 33.5 Å². The third-order valence-electron chi connectivity index (χ3n) is 7.22. The fraction of sp³-hybridized carbons (Fsp3) is 0. The second-order valence-corrected chi connectivity index (χ2v) is 10.7. The number of nitrogens with two attached hydrogens (primary N) is 2. The summed E-state index contributed by atoms with van der Waals surface area (Å²) in [5.74, 6) is -3.09. The van der Waals surface area contributed by atoms with E-state index < -0.39 is 23.2 Å². The Bertz CT molecular complexity index is 2080. The van der Waals surface area contributed by atoms with E-state index in [1.54, 1.807) is 36.4 Å². The van der Waals surface area contributed by atoms with E-state index in [1.165, 1.54) is 48.5 Å². The molecule has 0 amide bonds. The standard InChI is InChI=1S/C20H12F2N2.C14H8F2O2.C6H8N2/c21-15-9-5-13(6-10-15)19-20(14-7-11-16(22)12-8-14)24-18-4-2-1-3-17(18)23-19;15-11-5-1-9(2-6-11)13(17)14(18)10-3-7-12(16)8-4-10;7-5-3-1-2-4-6(5)8/h1-12H;1-8H;1-4H,7-8H2. The van der Waals surface area contributed by atoms with Crippen molar-refractivity contribution in [3.05, 3.63) is 180 Å². The van der Waals surface area contributed by atoms with Gasteiger partial charge in [-0.05, 0) is 121 Å². The number of anilines is 2. The van der Waals surface area contributed by atoms with Crippen molar-refractivity contribution >= 4 is 34.0 Å². The summed E-state index contributed by atoms with van der Waals surface area (Å²) in [4.78, 5) is 32.9. The number of carbonyl (C=O) groups is 2. The molecule has 0 spiro atoms. The van der Waals surface area contributed by atoms with Crippen LogP contribution in [0.5, 0.6) is 0 Å². The summed E-state index contributed by atoms with van der Waals surface area (Å²) >= 11 is 0. The second-order valence-electron chi connectivity index (χ2n) is 10.7. The SMILES string of the molecule is Fc1ccc(-c2nc3ccccc3nc2-c2ccc(F)cc2)cc1.Nc1ccccc1N.O=C(C(=O)c1ccc(F)cc1)c1ccc(F)cc1. The lowest BCUT2D eigenvalue weighted by molar-refractivity contribution is 0.0817. The minimum Gasteiger partial charge on any atom is -0.397 e. The third-order valence-corrected chi connectivity index (χ3v) is 7.22. The van der Waals surface area contributed by atoms with Crippen LogP contribution in [0.2, 0.25) is 0 Å². The van der Waals surface area contributed by atoms with Crippen molar-refractivity contribution in [2.24, 2.45) is 0 Å².